The molecule has 0 bridgehead atoms. The first-order valence-corrected chi connectivity index (χ1v) is 7.65. The summed E-state index contributed by atoms with van der Waals surface area (Å²) >= 11 is 0. The van der Waals surface area contributed by atoms with E-state index in [0.717, 1.165) is 32.1 Å². The van der Waals surface area contributed by atoms with Gasteiger partial charge in [0.25, 0.3) is 5.91 Å². The lowest BCUT2D eigenvalue weighted by Gasteiger charge is -2.31. The highest BCUT2D eigenvalue weighted by molar-refractivity contribution is 5.99. The van der Waals surface area contributed by atoms with Crippen molar-refractivity contribution in [1.29, 1.82) is 0 Å². The van der Waals surface area contributed by atoms with Gasteiger partial charge in [-0.3, -0.25) is 9.59 Å². The summed E-state index contributed by atoms with van der Waals surface area (Å²) in [5.41, 5.74) is 6.63. The Morgan fingerprint density at radius 2 is 1.78 bits per heavy atom. The Morgan fingerprint density at radius 3 is 2.35 bits per heavy atom. The summed E-state index contributed by atoms with van der Waals surface area (Å²) in [4.78, 5) is 24.1. The number of amides is 2. The lowest BCUT2D eigenvalue weighted by atomic mass is 9.82. The largest absolute Gasteiger partial charge is 0.349 e. The maximum Gasteiger partial charge on any atom is 0.251 e. The average Bonchev–Trinajstić information content (AvgIpc) is 2.54. The molecule has 1 fully saturated rings. The highest BCUT2D eigenvalue weighted by Crippen LogP contribution is 2.27. The van der Waals surface area contributed by atoms with Gasteiger partial charge in [0.15, 0.2) is 0 Å². The van der Waals surface area contributed by atoms with Crippen molar-refractivity contribution in [3.8, 4) is 0 Å². The summed E-state index contributed by atoms with van der Waals surface area (Å²) < 4.78 is 0. The molecule has 5 nitrogen and oxygen atoms in total. The van der Waals surface area contributed by atoms with Gasteiger partial charge in [-0.1, -0.05) is 25.3 Å². The molecule has 6 heteroatoms. The van der Waals surface area contributed by atoms with Crippen LogP contribution in [0.3, 0.4) is 0 Å². The third-order valence-electron chi connectivity index (χ3n) is 4.01. The summed E-state index contributed by atoms with van der Waals surface area (Å²) in [6.07, 6.45) is 6.19. The van der Waals surface area contributed by atoms with Gasteiger partial charge in [0.05, 0.1) is 5.54 Å². The van der Waals surface area contributed by atoms with Crippen LogP contribution in [0.15, 0.2) is 36.9 Å². The molecule has 23 heavy (non-hydrogen) atoms. The molecule has 2 rings (SSSR count). The van der Waals surface area contributed by atoms with Gasteiger partial charge < -0.3 is 16.4 Å². The van der Waals surface area contributed by atoms with Crippen LogP contribution in [0.4, 0.5) is 5.69 Å². The molecule has 1 aliphatic rings. The number of benzene rings is 1. The summed E-state index contributed by atoms with van der Waals surface area (Å²) in [5.74, 6) is -0.309. The zero-order chi connectivity index (χ0) is 16.0. The normalized spacial score (nSPS) is 15.9. The second kappa shape index (κ2) is 8.70. The van der Waals surface area contributed by atoms with Gasteiger partial charge in [0, 0.05) is 17.8 Å². The molecular weight excluding hydrogens is 314 g/mol. The summed E-state index contributed by atoms with van der Waals surface area (Å²) in [5, 5.41) is 5.55. The number of carbonyl (C=O) groups is 2. The lowest BCUT2D eigenvalue weighted by Crippen LogP contribution is -2.52. The van der Waals surface area contributed by atoms with Gasteiger partial charge in [-0.25, -0.2) is 0 Å². The zero-order valence-corrected chi connectivity index (χ0v) is 14.0. The van der Waals surface area contributed by atoms with Crippen molar-refractivity contribution >= 4 is 29.9 Å². The molecule has 0 aliphatic heterocycles. The molecule has 1 saturated carbocycles. The molecule has 0 atom stereocenters. The summed E-state index contributed by atoms with van der Waals surface area (Å²) in [7, 11) is 0. The van der Waals surface area contributed by atoms with E-state index in [1.165, 1.54) is 0 Å². The Morgan fingerprint density at radius 1 is 1.17 bits per heavy atom. The van der Waals surface area contributed by atoms with Crippen LogP contribution in [-0.2, 0) is 4.79 Å². The van der Waals surface area contributed by atoms with Gasteiger partial charge in [0.1, 0.15) is 0 Å². The van der Waals surface area contributed by atoms with Crippen LogP contribution >= 0.6 is 12.4 Å². The maximum absolute atomic E-state index is 12.3. The minimum atomic E-state index is -0.766. The Hall–Kier alpha value is -1.85. The third kappa shape index (κ3) is 5.08. The molecular formula is C17H24ClN3O2. The standard InChI is InChI=1S/C17H23N3O2.ClH/c1-2-12-19-15(21)13-6-8-14(9-7-13)20-16(22)17(18)10-4-3-5-11-17;/h2,6-9H,1,3-5,10-12,18H2,(H,19,21)(H,20,22);1H. The van der Waals surface area contributed by atoms with E-state index in [0.29, 0.717) is 17.8 Å². The lowest BCUT2D eigenvalue weighted by molar-refractivity contribution is -0.122. The smallest absolute Gasteiger partial charge is 0.251 e. The molecule has 0 saturated heterocycles. The van der Waals surface area contributed by atoms with E-state index in [-0.39, 0.29) is 24.2 Å². The Labute approximate surface area is 143 Å². The van der Waals surface area contributed by atoms with E-state index in [4.69, 9.17) is 5.73 Å². The first kappa shape index (κ1) is 19.2. The van der Waals surface area contributed by atoms with Crippen molar-refractivity contribution in [2.45, 2.75) is 37.6 Å². The van der Waals surface area contributed by atoms with E-state index < -0.39 is 5.54 Å². The molecule has 2 amide bonds. The van der Waals surface area contributed by atoms with Crippen molar-refractivity contribution in [3.05, 3.63) is 42.5 Å². The highest BCUT2D eigenvalue weighted by Gasteiger charge is 2.35. The van der Waals surface area contributed by atoms with Gasteiger partial charge in [-0.15, -0.1) is 19.0 Å². The maximum atomic E-state index is 12.3. The minimum absolute atomic E-state index is 0. The predicted octanol–water partition coefficient (Wildman–Crippen LogP) is 2.62. The molecule has 4 N–H and O–H groups in total. The molecule has 0 unspecified atom stereocenters. The molecule has 0 radical (unpaired) electrons. The van der Waals surface area contributed by atoms with E-state index in [2.05, 4.69) is 17.2 Å². The van der Waals surface area contributed by atoms with Crippen LogP contribution in [0.25, 0.3) is 0 Å². The number of hydrogen-bond acceptors (Lipinski definition) is 3. The fraction of sp³-hybridized carbons (Fsp3) is 0.412. The Balaban J connectivity index is 0.00000264. The number of hydrogen-bond donors (Lipinski definition) is 3. The van der Waals surface area contributed by atoms with Crippen LogP contribution in [0.1, 0.15) is 42.5 Å². The van der Waals surface area contributed by atoms with E-state index in [1.807, 2.05) is 0 Å². The molecule has 0 aromatic heterocycles. The second-order valence-corrected chi connectivity index (χ2v) is 5.75. The van der Waals surface area contributed by atoms with E-state index >= 15 is 0 Å². The Bertz CT molecular complexity index is 551. The van der Waals surface area contributed by atoms with Crippen molar-refractivity contribution in [2.75, 3.05) is 11.9 Å². The van der Waals surface area contributed by atoms with Gasteiger partial charge in [0.2, 0.25) is 5.91 Å². The van der Waals surface area contributed by atoms with Crippen molar-refractivity contribution in [1.82, 2.24) is 5.32 Å². The fourth-order valence-electron chi connectivity index (χ4n) is 2.64. The fourth-order valence-corrected chi connectivity index (χ4v) is 2.64. The number of carbonyl (C=O) groups excluding carboxylic acids is 2. The number of halogens is 1. The van der Waals surface area contributed by atoms with Gasteiger partial charge in [-0.05, 0) is 37.1 Å². The van der Waals surface area contributed by atoms with Crippen LogP contribution in [0.2, 0.25) is 0 Å². The number of nitrogens with two attached hydrogens (primary N) is 1. The molecule has 1 aromatic carbocycles. The van der Waals surface area contributed by atoms with Crippen LogP contribution in [-0.4, -0.2) is 23.9 Å². The first-order chi connectivity index (χ1) is 10.5. The second-order valence-electron chi connectivity index (χ2n) is 5.75. The first-order valence-electron chi connectivity index (χ1n) is 7.65. The third-order valence-corrected chi connectivity index (χ3v) is 4.01. The number of nitrogens with one attached hydrogen (secondary N) is 2. The van der Waals surface area contributed by atoms with Crippen LogP contribution in [0, 0.1) is 0 Å². The SMILES string of the molecule is C=CCNC(=O)c1ccc(NC(=O)C2(N)CCCCC2)cc1.Cl. The minimum Gasteiger partial charge on any atom is -0.349 e. The predicted molar refractivity (Wildman–Crippen MR) is 94.9 cm³/mol. The molecule has 0 heterocycles. The molecule has 1 aromatic rings. The van der Waals surface area contributed by atoms with Crippen LogP contribution in [0.5, 0.6) is 0 Å². The van der Waals surface area contributed by atoms with E-state index in [9.17, 15) is 9.59 Å². The molecule has 1 aliphatic carbocycles. The highest BCUT2D eigenvalue weighted by atomic mass is 35.5. The summed E-state index contributed by atoms with van der Waals surface area (Å²) in [6.45, 7) is 3.97. The number of rotatable bonds is 5. The van der Waals surface area contributed by atoms with Gasteiger partial charge >= 0.3 is 0 Å². The van der Waals surface area contributed by atoms with Crippen LogP contribution < -0.4 is 16.4 Å². The summed E-state index contributed by atoms with van der Waals surface area (Å²) in [6, 6.07) is 6.79. The molecule has 0 spiro atoms. The number of anilines is 1. The topological polar surface area (TPSA) is 84.2 Å². The monoisotopic (exact) mass is 337 g/mol. The van der Waals surface area contributed by atoms with Crippen molar-refractivity contribution in [3.63, 3.8) is 0 Å². The van der Waals surface area contributed by atoms with Crippen molar-refractivity contribution < 1.29 is 9.59 Å². The Kier molecular flexibility index (Phi) is 7.26. The quantitative estimate of drug-likeness (QED) is 0.722. The van der Waals surface area contributed by atoms with E-state index in [1.54, 1.807) is 30.3 Å². The van der Waals surface area contributed by atoms with Crippen molar-refractivity contribution in [2.24, 2.45) is 5.73 Å². The zero-order valence-electron chi connectivity index (χ0n) is 13.1. The molecule has 126 valence electrons. The van der Waals surface area contributed by atoms with Gasteiger partial charge in [-0.2, -0.15) is 0 Å². The average molecular weight is 338 g/mol.